The second kappa shape index (κ2) is 13.1. The summed E-state index contributed by atoms with van der Waals surface area (Å²) in [6.45, 7) is 6.17. The highest BCUT2D eigenvalue weighted by atomic mass is 79.9. The molecule has 40 heavy (non-hydrogen) atoms. The van der Waals surface area contributed by atoms with Crippen molar-refractivity contribution in [2.45, 2.75) is 33.3 Å². The van der Waals surface area contributed by atoms with Crippen molar-refractivity contribution in [3.63, 3.8) is 0 Å². The molecule has 1 aliphatic heterocycles. The lowest BCUT2D eigenvalue weighted by Crippen LogP contribution is -2.36. The molecule has 3 aromatic rings. The summed E-state index contributed by atoms with van der Waals surface area (Å²) in [6, 6.07) is 16.9. The van der Waals surface area contributed by atoms with Gasteiger partial charge >= 0.3 is 0 Å². The fourth-order valence-electron chi connectivity index (χ4n) is 3.89. The molecule has 0 atom stereocenters. The van der Waals surface area contributed by atoms with E-state index in [1.165, 1.54) is 12.1 Å². The Kier molecular flexibility index (Phi) is 9.65. The maximum atomic E-state index is 13.2. The summed E-state index contributed by atoms with van der Waals surface area (Å²) in [5.41, 5.74) is 3.11. The average molecular weight is 628 g/mol. The predicted molar refractivity (Wildman–Crippen MR) is 158 cm³/mol. The first kappa shape index (κ1) is 29.4. The van der Waals surface area contributed by atoms with Gasteiger partial charge in [0.1, 0.15) is 19.0 Å². The van der Waals surface area contributed by atoms with Gasteiger partial charge in [-0.05, 0) is 99.7 Å². The second-order valence-corrected chi connectivity index (χ2v) is 11.1. The van der Waals surface area contributed by atoms with Crippen LogP contribution in [0, 0.1) is 5.82 Å². The minimum Gasteiger partial charge on any atom is -0.490 e. The maximum absolute atomic E-state index is 13.2. The lowest BCUT2D eigenvalue weighted by molar-refractivity contribution is -0.127. The lowest BCUT2D eigenvalue weighted by atomic mass is 10.0. The summed E-state index contributed by atoms with van der Waals surface area (Å²) in [7, 11) is 0. The third kappa shape index (κ3) is 7.31. The monoisotopic (exact) mass is 626 g/mol. The van der Waals surface area contributed by atoms with E-state index in [9.17, 15) is 18.8 Å². The molecule has 0 spiro atoms. The molecule has 0 saturated carbocycles. The molecule has 10 heteroatoms. The van der Waals surface area contributed by atoms with Crippen molar-refractivity contribution < 1.29 is 28.2 Å². The number of amides is 3. The SMILES string of the molecule is CCOc1cc(/C=C2\SC(=O)N(CC(=O)Nc3ccc(C(C)C)cc3)C2=O)cc(Br)c1OCc1ccc(F)cc1. The molecule has 4 rings (SSSR count). The first-order valence-corrected chi connectivity index (χ1v) is 14.2. The Balaban J connectivity index is 1.46. The third-order valence-electron chi connectivity index (χ3n) is 5.96. The van der Waals surface area contributed by atoms with Crippen molar-refractivity contribution in [2.24, 2.45) is 0 Å². The minimum atomic E-state index is -0.550. The van der Waals surface area contributed by atoms with Gasteiger partial charge < -0.3 is 14.8 Å². The number of anilines is 1. The quantitative estimate of drug-likeness (QED) is 0.237. The van der Waals surface area contributed by atoms with Crippen LogP contribution in [0.5, 0.6) is 11.5 Å². The van der Waals surface area contributed by atoms with Crippen LogP contribution in [0.25, 0.3) is 6.08 Å². The maximum Gasteiger partial charge on any atom is 0.294 e. The number of nitrogens with one attached hydrogen (secondary N) is 1. The highest BCUT2D eigenvalue weighted by Gasteiger charge is 2.36. The van der Waals surface area contributed by atoms with Gasteiger partial charge in [0, 0.05) is 5.69 Å². The molecule has 1 fully saturated rings. The number of nitrogens with zero attached hydrogens (tertiary/aromatic N) is 1. The molecule has 0 radical (unpaired) electrons. The highest BCUT2D eigenvalue weighted by molar-refractivity contribution is 9.10. The number of imide groups is 1. The molecule has 0 aliphatic carbocycles. The molecule has 7 nitrogen and oxygen atoms in total. The Hall–Kier alpha value is -3.63. The van der Waals surface area contributed by atoms with Gasteiger partial charge in [0.05, 0.1) is 16.0 Å². The number of benzene rings is 3. The zero-order chi connectivity index (χ0) is 28.8. The molecule has 1 heterocycles. The third-order valence-corrected chi connectivity index (χ3v) is 7.46. The van der Waals surface area contributed by atoms with E-state index in [-0.39, 0.29) is 17.3 Å². The van der Waals surface area contributed by atoms with Crippen LogP contribution in [-0.4, -0.2) is 35.1 Å². The Morgan fingerprint density at radius 3 is 2.42 bits per heavy atom. The van der Waals surface area contributed by atoms with Crippen molar-refractivity contribution >= 4 is 56.5 Å². The van der Waals surface area contributed by atoms with E-state index in [4.69, 9.17) is 9.47 Å². The van der Waals surface area contributed by atoms with Gasteiger partial charge in [-0.3, -0.25) is 19.3 Å². The van der Waals surface area contributed by atoms with Crippen LogP contribution in [0.4, 0.5) is 14.9 Å². The van der Waals surface area contributed by atoms with Crippen LogP contribution in [0.1, 0.15) is 43.4 Å². The Labute approximate surface area is 244 Å². The molecule has 0 aromatic heterocycles. The van der Waals surface area contributed by atoms with Gasteiger partial charge in [0.15, 0.2) is 11.5 Å². The van der Waals surface area contributed by atoms with Crippen molar-refractivity contribution in [3.8, 4) is 11.5 Å². The number of carbonyl (C=O) groups is 3. The predicted octanol–water partition coefficient (Wildman–Crippen LogP) is 7.36. The Bertz CT molecular complexity index is 1440. The number of rotatable bonds is 10. The molecule has 3 aromatic carbocycles. The molecule has 0 bridgehead atoms. The van der Waals surface area contributed by atoms with Crippen LogP contribution in [0.3, 0.4) is 0 Å². The number of halogens is 2. The van der Waals surface area contributed by atoms with Gasteiger partial charge in [-0.25, -0.2) is 4.39 Å². The Morgan fingerprint density at radius 2 is 1.77 bits per heavy atom. The standard InChI is InChI=1S/C30H28BrFN2O5S/c1-4-38-25-14-20(13-24(31)28(25)39-17-19-5-9-22(32)10-6-19)15-26-29(36)34(30(37)40-26)16-27(35)33-23-11-7-21(8-12-23)18(2)3/h5-15,18H,4,16-17H2,1-3H3,(H,33,35)/b26-15-. The summed E-state index contributed by atoms with van der Waals surface area (Å²) in [4.78, 5) is 39.3. The highest BCUT2D eigenvalue weighted by Crippen LogP contribution is 2.39. The smallest absolute Gasteiger partial charge is 0.294 e. The van der Waals surface area contributed by atoms with E-state index < -0.39 is 23.6 Å². The van der Waals surface area contributed by atoms with Gasteiger partial charge in [0.25, 0.3) is 11.1 Å². The van der Waals surface area contributed by atoms with Crippen molar-refractivity contribution in [2.75, 3.05) is 18.5 Å². The lowest BCUT2D eigenvalue weighted by Gasteiger charge is -2.15. The zero-order valence-electron chi connectivity index (χ0n) is 22.2. The van der Waals surface area contributed by atoms with Gasteiger partial charge in [-0.1, -0.05) is 38.1 Å². The van der Waals surface area contributed by atoms with E-state index in [0.29, 0.717) is 39.7 Å². The topological polar surface area (TPSA) is 84.9 Å². The zero-order valence-corrected chi connectivity index (χ0v) is 24.6. The van der Waals surface area contributed by atoms with E-state index >= 15 is 0 Å². The summed E-state index contributed by atoms with van der Waals surface area (Å²) in [6.07, 6.45) is 1.57. The van der Waals surface area contributed by atoms with Crippen molar-refractivity contribution in [3.05, 3.63) is 92.5 Å². The molecule has 0 unspecified atom stereocenters. The van der Waals surface area contributed by atoms with Crippen LogP contribution >= 0.6 is 27.7 Å². The fraction of sp³-hybridized carbons (Fsp3) is 0.233. The number of hydrogen-bond acceptors (Lipinski definition) is 6. The minimum absolute atomic E-state index is 0.188. The van der Waals surface area contributed by atoms with Crippen LogP contribution < -0.4 is 14.8 Å². The molecule has 1 saturated heterocycles. The molecule has 1 aliphatic rings. The second-order valence-electron chi connectivity index (χ2n) is 9.27. The van der Waals surface area contributed by atoms with Crippen molar-refractivity contribution in [1.82, 2.24) is 4.90 Å². The summed E-state index contributed by atoms with van der Waals surface area (Å²) in [5.74, 6) is -0.0919. The number of thioether (sulfide) groups is 1. The van der Waals surface area contributed by atoms with E-state index in [1.807, 2.05) is 19.1 Å². The van der Waals surface area contributed by atoms with Crippen LogP contribution in [0.15, 0.2) is 70.0 Å². The first-order chi connectivity index (χ1) is 19.1. The van der Waals surface area contributed by atoms with Gasteiger partial charge in [-0.2, -0.15) is 0 Å². The Morgan fingerprint density at radius 1 is 1.07 bits per heavy atom. The van der Waals surface area contributed by atoms with E-state index in [1.54, 1.807) is 42.5 Å². The van der Waals surface area contributed by atoms with Crippen molar-refractivity contribution in [1.29, 1.82) is 0 Å². The van der Waals surface area contributed by atoms with Gasteiger partial charge in [0.2, 0.25) is 5.91 Å². The largest absolute Gasteiger partial charge is 0.490 e. The molecular weight excluding hydrogens is 599 g/mol. The molecule has 1 N–H and O–H groups in total. The fourth-order valence-corrected chi connectivity index (χ4v) is 5.31. The number of hydrogen-bond donors (Lipinski definition) is 1. The van der Waals surface area contributed by atoms with E-state index in [0.717, 1.165) is 27.8 Å². The molecular formula is C30H28BrFN2O5S. The van der Waals surface area contributed by atoms with Gasteiger partial charge in [-0.15, -0.1) is 0 Å². The molecule has 208 valence electrons. The number of ether oxygens (including phenoxy) is 2. The molecule has 3 amide bonds. The summed E-state index contributed by atoms with van der Waals surface area (Å²) >= 11 is 4.27. The average Bonchev–Trinajstić information content (AvgIpc) is 3.16. The number of carbonyl (C=O) groups excluding carboxylic acids is 3. The normalized spacial score (nSPS) is 14.2. The van der Waals surface area contributed by atoms with E-state index in [2.05, 4.69) is 35.1 Å². The summed E-state index contributed by atoms with van der Waals surface area (Å²) < 4.78 is 25.5. The van der Waals surface area contributed by atoms with Crippen LogP contribution in [0.2, 0.25) is 0 Å². The summed E-state index contributed by atoms with van der Waals surface area (Å²) in [5, 5.41) is 2.21. The first-order valence-electron chi connectivity index (χ1n) is 12.6. The van der Waals surface area contributed by atoms with Crippen LogP contribution in [-0.2, 0) is 16.2 Å².